The highest BCUT2D eigenvalue weighted by atomic mass is 31.2. The van der Waals surface area contributed by atoms with Crippen LogP contribution in [-0.2, 0) is 13.6 Å². The lowest BCUT2D eigenvalue weighted by atomic mass is 10.1. The summed E-state index contributed by atoms with van der Waals surface area (Å²) in [4.78, 5) is 0. The molecular formula is C41H83NO3P+. The molecule has 5 heteroatoms. The molecule has 0 saturated heterocycles. The lowest BCUT2D eigenvalue weighted by Crippen LogP contribution is -2.37. The van der Waals surface area contributed by atoms with Gasteiger partial charge < -0.3 is 13.5 Å². The fourth-order valence-electron chi connectivity index (χ4n) is 5.70. The fourth-order valence-corrected chi connectivity index (χ4v) is 7.69. The van der Waals surface area contributed by atoms with Crippen molar-refractivity contribution < 1.29 is 18.1 Å². The lowest BCUT2D eigenvalue weighted by Gasteiger charge is -2.26. The molecule has 0 aliphatic carbocycles. The number of hydrogen-bond acceptors (Lipinski definition) is 3. The summed E-state index contributed by atoms with van der Waals surface area (Å²) >= 11 is 0. The van der Waals surface area contributed by atoms with E-state index in [4.69, 9.17) is 9.05 Å². The molecule has 4 nitrogen and oxygen atoms in total. The Balaban J connectivity index is 3.85. The Morgan fingerprint density at radius 2 is 0.717 bits per heavy atom. The normalized spacial score (nSPS) is 12.7. The van der Waals surface area contributed by atoms with Gasteiger partial charge in [0.15, 0.2) is 0 Å². The van der Waals surface area contributed by atoms with Crippen molar-refractivity contribution in [2.75, 3.05) is 47.1 Å². The third-order valence-corrected chi connectivity index (χ3v) is 10.8. The fraction of sp³-hybridized carbons (Fsp3) is 0.902. The summed E-state index contributed by atoms with van der Waals surface area (Å²) in [6.45, 7) is 6.48. The molecule has 0 aliphatic heterocycles. The van der Waals surface area contributed by atoms with Crippen molar-refractivity contribution in [2.24, 2.45) is 0 Å². The highest BCUT2D eigenvalue weighted by Crippen LogP contribution is 2.48. The van der Waals surface area contributed by atoms with Crippen molar-refractivity contribution in [2.45, 2.75) is 194 Å². The number of unbranched alkanes of at least 4 members (excludes halogenated alkanes) is 24. The predicted octanol–water partition coefficient (Wildman–Crippen LogP) is 14.0. The van der Waals surface area contributed by atoms with Crippen LogP contribution in [0.1, 0.15) is 194 Å². The van der Waals surface area contributed by atoms with Crippen molar-refractivity contribution in [3.63, 3.8) is 0 Å². The summed E-state index contributed by atoms with van der Waals surface area (Å²) < 4.78 is 26.3. The summed E-state index contributed by atoms with van der Waals surface area (Å²) in [7, 11) is 3.39. The molecule has 0 amide bonds. The van der Waals surface area contributed by atoms with Gasteiger partial charge in [0.25, 0.3) is 0 Å². The van der Waals surface area contributed by atoms with Gasteiger partial charge in [-0.25, -0.2) is 0 Å². The third kappa shape index (κ3) is 36.4. The quantitative estimate of drug-likeness (QED) is 0.0286. The van der Waals surface area contributed by atoms with E-state index in [0.29, 0.717) is 19.4 Å². The Kier molecular flexibility index (Phi) is 34.1. The molecule has 0 saturated carbocycles. The Morgan fingerprint density at radius 1 is 0.435 bits per heavy atom. The Hall–Kier alpha value is -0.410. The molecular weight excluding hydrogens is 585 g/mol. The van der Waals surface area contributed by atoms with Gasteiger partial charge in [-0.2, -0.15) is 0 Å². The van der Waals surface area contributed by atoms with Gasteiger partial charge in [0, 0.05) is 0 Å². The zero-order valence-corrected chi connectivity index (χ0v) is 33.0. The Labute approximate surface area is 290 Å². The van der Waals surface area contributed by atoms with Crippen molar-refractivity contribution in [1.82, 2.24) is 0 Å². The van der Waals surface area contributed by atoms with E-state index in [1.165, 1.54) is 154 Å². The molecule has 0 N–H and O–H groups in total. The molecule has 0 aromatic carbocycles. The molecule has 0 atom stereocenters. The monoisotopic (exact) mass is 669 g/mol. The molecule has 0 spiro atoms. The molecule has 0 heterocycles. The number of hydrogen-bond donors (Lipinski definition) is 0. The largest absolute Gasteiger partial charge is 0.336 e. The molecule has 0 rings (SSSR count). The van der Waals surface area contributed by atoms with E-state index >= 15 is 0 Å². The zero-order valence-electron chi connectivity index (χ0n) is 32.1. The van der Waals surface area contributed by atoms with E-state index in [-0.39, 0.29) is 0 Å². The molecule has 0 fully saturated rings. The number of quaternary nitrogens is 1. The second kappa shape index (κ2) is 34.5. The summed E-state index contributed by atoms with van der Waals surface area (Å²) in [5.41, 5.74) is 0. The molecule has 0 aliphatic rings. The first-order valence-electron chi connectivity index (χ1n) is 20.3. The van der Waals surface area contributed by atoms with Crippen LogP contribution in [0.2, 0.25) is 0 Å². The zero-order chi connectivity index (χ0) is 33.9. The van der Waals surface area contributed by atoms with Crippen LogP contribution in [0.5, 0.6) is 0 Å². The number of nitrogens with zero attached hydrogens (tertiary/aromatic N) is 1. The molecule has 46 heavy (non-hydrogen) atoms. The van der Waals surface area contributed by atoms with E-state index in [1.807, 2.05) is 0 Å². The minimum Gasteiger partial charge on any atom is -0.330 e. The summed E-state index contributed by atoms with van der Waals surface area (Å²) in [6.07, 6.45) is 46.2. The maximum absolute atomic E-state index is 13.5. The molecule has 274 valence electrons. The third-order valence-electron chi connectivity index (χ3n) is 8.93. The van der Waals surface area contributed by atoms with Gasteiger partial charge in [-0.1, -0.05) is 154 Å². The van der Waals surface area contributed by atoms with Crippen LogP contribution in [-0.4, -0.2) is 51.5 Å². The lowest BCUT2D eigenvalue weighted by molar-refractivity contribution is -0.867. The van der Waals surface area contributed by atoms with Gasteiger partial charge in [-0.3, -0.25) is 4.57 Å². The molecule has 0 bridgehead atoms. The van der Waals surface area contributed by atoms with E-state index in [1.54, 1.807) is 0 Å². The van der Waals surface area contributed by atoms with Gasteiger partial charge in [-0.15, -0.1) is 0 Å². The van der Waals surface area contributed by atoms with E-state index in [0.717, 1.165) is 36.7 Å². The SMILES string of the molecule is CCCCCCCC/C=C\CCCCCCCCOP(=O)(CC[N+](C)(C)C)OCCCCCCCC/C=C\CCCCCCCC. The number of allylic oxidation sites excluding steroid dienone is 4. The minimum atomic E-state index is -3.03. The predicted molar refractivity (Wildman–Crippen MR) is 206 cm³/mol. The van der Waals surface area contributed by atoms with Crippen LogP contribution in [0.4, 0.5) is 0 Å². The minimum absolute atomic E-state index is 0.509. The van der Waals surface area contributed by atoms with Gasteiger partial charge in [0.2, 0.25) is 0 Å². The van der Waals surface area contributed by atoms with Gasteiger partial charge in [0.1, 0.15) is 0 Å². The van der Waals surface area contributed by atoms with Crippen molar-refractivity contribution >= 4 is 7.60 Å². The van der Waals surface area contributed by atoms with E-state index in [9.17, 15) is 4.57 Å². The topological polar surface area (TPSA) is 35.5 Å². The maximum atomic E-state index is 13.5. The molecule has 0 aromatic rings. The highest BCUT2D eigenvalue weighted by molar-refractivity contribution is 7.53. The van der Waals surface area contributed by atoms with Gasteiger partial charge in [-0.05, 0) is 64.2 Å². The smallest absolute Gasteiger partial charge is 0.330 e. The highest BCUT2D eigenvalue weighted by Gasteiger charge is 2.27. The first-order chi connectivity index (χ1) is 22.3. The van der Waals surface area contributed by atoms with Crippen LogP contribution in [0.15, 0.2) is 24.3 Å². The molecule has 0 aromatic heterocycles. The second-order valence-electron chi connectivity index (χ2n) is 14.9. The standard InChI is InChI=1S/C41H83NO3P/c1-6-8-10-12-14-16-18-20-22-24-26-28-30-32-34-36-39-44-46(43,41-38-42(3,4)5)45-40-37-35-33-31-29-27-25-23-21-19-17-15-13-11-9-7-2/h20-23H,6-19,24-41H2,1-5H3/q+1/b22-20-,23-21-. The van der Waals surface area contributed by atoms with Crippen LogP contribution < -0.4 is 0 Å². The molecule has 0 radical (unpaired) electrons. The van der Waals surface area contributed by atoms with Crippen LogP contribution in [0.3, 0.4) is 0 Å². The van der Waals surface area contributed by atoms with Gasteiger partial charge in [0.05, 0.1) is 47.1 Å². The van der Waals surface area contributed by atoms with Crippen molar-refractivity contribution in [3.8, 4) is 0 Å². The van der Waals surface area contributed by atoms with Crippen LogP contribution >= 0.6 is 7.60 Å². The van der Waals surface area contributed by atoms with Crippen LogP contribution in [0, 0.1) is 0 Å². The second-order valence-corrected chi connectivity index (χ2v) is 17.1. The average molecular weight is 669 g/mol. The average Bonchev–Trinajstić information content (AvgIpc) is 3.03. The van der Waals surface area contributed by atoms with E-state index in [2.05, 4.69) is 59.3 Å². The number of rotatable bonds is 37. The van der Waals surface area contributed by atoms with Crippen molar-refractivity contribution in [1.29, 1.82) is 0 Å². The summed E-state index contributed by atoms with van der Waals surface area (Å²) in [5.74, 6) is 0. The Bertz CT molecular complexity index is 667. The first kappa shape index (κ1) is 45.6. The summed E-state index contributed by atoms with van der Waals surface area (Å²) in [6, 6.07) is 0. The Morgan fingerprint density at radius 3 is 1.02 bits per heavy atom. The first-order valence-corrected chi connectivity index (χ1v) is 22.0. The maximum Gasteiger partial charge on any atom is 0.336 e. The molecule has 0 unspecified atom stereocenters. The van der Waals surface area contributed by atoms with Crippen LogP contribution in [0.25, 0.3) is 0 Å². The van der Waals surface area contributed by atoms with Crippen molar-refractivity contribution in [3.05, 3.63) is 24.3 Å². The van der Waals surface area contributed by atoms with Gasteiger partial charge >= 0.3 is 7.60 Å². The van der Waals surface area contributed by atoms with E-state index < -0.39 is 7.60 Å². The summed E-state index contributed by atoms with van der Waals surface area (Å²) in [5, 5.41) is 0.